The van der Waals surface area contributed by atoms with E-state index in [1.807, 2.05) is 66.3 Å². The summed E-state index contributed by atoms with van der Waals surface area (Å²) in [6.45, 7) is 5.98. The Morgan fingerprint density at radius 2 is 2.03 bits per heavy atom. The van der Waals surface area contributed by atoms with E-state index in [0.717, 1.165) is 52.9 Å². The van der Waals surface area contributed by atoms with Crippen LogP contribution in [0.3, 0.4) is 0 Å². The van der Waals surface area contributed by atoms with Gasteiger partial charge in [0.25, 0.3) is 0 Å². The van der Waals surface area contributed by atoms with Gasteiger partial charge in [-0.05, 0) is 49.1 Å². The average Bonchev–Trinajstić information content (AvgIpc) is 3.49. The molecular weight excluding hydrogens is 424 g/mol. The number of benzene rings is 2. The summed E-state index contributed by atoms with van der Waals surface area (Å²) in [4.78, 5) is 12.5. The molecule has 1 aliphatic rings. The van der Waals surface area contributed by atoms with Crippen molar-refractivity contribution in [2.75, 3.05) is 6.61 Å². The van der Waals surface area contributed by atoms with E-state index < -0.39 is 0 Å². The number of nitrogens with zero attached hydrogens (tertiary/aromatic N) is 4. The van der Waals surface area contributed by atoms with E-state index in [0.29, 0.717) is 24.5 Å². The fourth-order valence-electron chi connectivity index (χ4n) is 4.67. The molecule has 172 valence electrons. The number of nitriles is 1. The number of rotatable bonds is 9. The second-order valence-corrected chi connectivity index (χ2v) is 8.90. The number of ketones is 1. The van der Waals surface area contributed by atoms with Gasteiger partial charge >= 0.3 is 0 Å². The normalized spacial score (nSPS) is 14.1. The number of hydrogen-bond acceptors (Lipinski definition) is 4. The lowest BCUT2D eigenvalue weighted by atomic mass is 9.92. The zero-order chi connectivity index (χ0) is 23.7. The molecule has 1 fully saturated rings. The Morgan fingerprint density at radius 3 is 2.68 bits per heavy atom. The zero-order valence-corrected chi connectivity index (χ0v) is 19.6. The lowest BCUT2D eigenvalue weighted by Crippen LogP contribution is -2.10. The molecule has 6 heteroatoms. The highest BCUT2D eigenvalue weighted by molar-refractivity contribution is 5.95. The smallest absolute Gasteiger partial charge is 0.143 e. The second-order valence-electron chi connectivity index (χ2n) is 8.90. The van der Waals surface area contributed by atoms with Gasteiger partial charge in [0.05, 0.1) is 23.3 Å². The van der Waals surface area contributed by atoms with E-state index in [1.165, 1.54) is 0 Å². The Labute approximate surface area is 199 Å². The molecule has 2 heterocycles. The number of aryl methyl sites for hydroxylation is 1. The molecule has 0 aliphatic heterocycles. The van der Waals surface area contributed by atoms with Gasteiger partial charge in [-0.25, -0.2) is 0 Å². The molecule has 34 heavy (non-hydrogen) atoms. The summed E-state index contributed by atoms with van der Waals surface area (Å²) in [6, 6.07) is 18.4. The molecule has 0 N–H and O–H groups in total. The van der Waals surface area contributed by atoms with Gasteiger partial charge in [0.15, 0.2) is 0 Å². The first-order valence-electron chi connectivity index (χ1n) is 11.9. The molecule has 1 aliphatic carbocycles. The molecule has 0 saturated heterocycles. The minimum Gasteiger partial charge on any atom is -0.492 e. The van der Waals surface area contributed by atoms with Crippen LogP contribution in [0.4, 0.5) is 0 Å². The van der Waals surface area contributed by atoms with E-state index in [4.69, 9.17) is 4.74 Å². The molecule has 5 rings (SSSR count). The van der Waals surface area contributed by atoms with Crippen LogP contribution in [0.2, 0.25) is 0 Å². The maximum absolute atomic E-state index is 12.5. The number of carbonyl (C=O) groups is 1. The minimum atomic E-state index is -0.0875. The predicted molar refractivity (Wildman–Crippen MR) is 132 cm³/mol. The first kappa shape index (κ1) is 22.0. The molecule has 0 spiro atoms. The zero-order valence-electron chi connectivity index (χ0n) is 19.6. The summed E-state index contributed by atoms with van der Waals surface area (Å²) in [7, 11) is 0. The van der Waals surface area contributed by atoms with Crippen LogP contribution in [0.15, 0.2) is 60.9 Å². The maximum atomic E-state index is 12.5. The quantitative estimate of drug-likeness (QED) is 0.333. The van der Waals surface area contributed by atoms with Gasteiger partial charge in [-0.3, -0.25) is 9.48 Å². The topological polar surface area (TPSA) is 72.8 Å². The highest BCUT2D eigenvalue weighted by atomic mass is 16.5. The number of Topliss-reactive ketones (excluding diaryl/α,β-unsaturated/α-hetero) is 1. The Bertz CT molecular complexity index is 1360. The molecule has 0 bridgehead atoms. The van der Waals surface area contributed by atoms with Crippen molar-refractivity contribution in [1.29, 1.82) is 5.26 Å². The van der Waals surface area contributed by atoms with Crippen molar-refractivity contribution >= 4 is 16.7 Å². The van der Waals surface area contributed by atoms with E-state index in [-0.39, 0.29) is 11.8 Å². The number of ether oxygens (including phenoxy) is 1. The van der Waals surface area contributed by atoms with E-state index in [9.17, 15) is 10.1 Å². The van der Waals surface area contributed by atoms with Crippen LogP contribution in [-0.2, 0) is 17.9 Å². The number of carbonyl (C=O) groups excluding carboxylic acids is 1. The summed E-state index contributed by atoms with van der Waals surface area (Å²) in [5.74, 6) is 1.27. The van der Waals surface area contributed by atoms with Crippen molar-refractivity contribution in [2.24, 2.45) is 5.92 Å². The summed E-state index contributed by atoms with van der Waals surface area (Å²) in [5.41, 5.74) is 4.56. The van der Waals surface area contributed by atoms with Crippen LogP contribution in [0.5, 0.6) is 5.75 Å². The molecule has 2 aromatic carbocycles. The fraction of sp³-hybridized carbons (Fsp3) is 0.321. The van der Waals surface area contributed by atoms with Gasteiger partial charge in [0, 0.05) is 42.2 Å². The fourth-order valence-corrected chi connectivity index (χ4v) is 4.67. The Hall–Kier alpha value is -3.85. The van der Waals surface area contributed by atoms with Crippen LogP contribution >= 0.6 is 0 Å². The van der Waals surface area contributed by atoms with Crippen LogP contribution in [0.25, 0.3) is 22.2 Å². The largest absolute Gasteiger partial charge is 0.492 e. The molecule has 0 unspecified atom stereocenters. The Balaban J connectivity index is 1.45. The van der Waals surface area contributed by atoms with Gasteiger partial charge in [-0.15, -0.1) is 0 Å². The summed E-state index contributed by atoms with van der Waals surface area (Å²) < 4.78 is 9.98. The highest BCUT2D eigenvalue weighted by Crippen LogP contribution is 2.38. The van der Waals surface area contributed by atoms with Gasteiger partial charge in [-0.1, -0.05) is 31.2 Å². The molecule has 1 saturated carbocycles. The van der Waals surface area contributed by atoms with Gasteiger partial charge in [0.1, 0.15) is 24.2 Å². The summed E-state index contributed by atoms with van der Waals surface area (Å²) >= 11 is 0. The maximum Gasteiger partial charge on any atom is 0.143 e. The van der Waals surface area contributed by atoms with E-state index >= 15 is 0 Å². The molecule has 4 aromatic rings. The van der Waals surface area contributed by atoms with Crippen LogP contribution in [0, 0.1) is 17.2 Å². The lowest BCUT2D eigenvalue weighted by molar-refractivity contribution is -0.121. The molecule has 0 radical (unpaired) electrons. The van der Waals surface area contributed by atoms with Crippen molar-refractivity contribution in [3.8, 4) is 23.1 Å². The van der Waals surface area contributed by atoms with Crippen LogP contribution < -0.4 is 4.74 Å². The number of hydrogen-bond donors (Lipinski definition) is 0. The van der Waals surface area contributed by atoms with Crippen molar-refractivity contribution in [1.82, 2.24) is 14.3 Å². The van der Waals surface area contributed by atoms with Gasteiger partial charge < -0.3 is 9.30 Å². The minimum absolute atomic E-state index is 0.0875. The van der Waals surface area contributed by atoms with E-state index in [1.54, 1.807) is 6.20 Å². The number of aromatic nitrogens is 3. The highest BCUT2D eigenvalue weighted by Gasteiger charge is 2.33. The number of fused-ring (bicyclic) bond motifs is 1. The predicted octanol–water partition coefficient (Wildman–Crippen LogP) is 5.56. The first-order valence-corrected chi connectivity index (χ1v) is 11.9. The molecule has 6 nitrogen and oxygen atoms in total. The van der Waals surface area contributed by atoms with Crippen molar-refractivity contribution < 1.29 is 9.53 Å². The Kier molecular flexibility index (Phi) is 5.93. The third-order valence-electron chi connectivity index (χ3n) is 6.70. The van der Waals surface area contributed by atoms with Crippen LogP contribution in [-0.4, -0.2) is 26.7 Å². The van der Waals surface area contributed by atoms with E-state index in [2.05, 4.69) is 22.7 Å². The third kappa shape index (κ3) is 4.10. The van der Waals surface area contributed by atoms with Gasteiger partial charge in [-0.2, -0.15) is 10.4 Å². The Morgan fingerprint density at radius 1 is 1.24 bits per heavy atom. The summed E-state index contributed by atoms with van der Waals surface area (Å²) in [5, 5.41) is 15.2. The molecular formula is C28H28N4O2. The van der Waals surface area contributed by atoms with Crippen molar-refractivity contribution in [3.63, 3.8) is 0 Å². The summed E-state index contributed by atoms with van der Waals surface area (Å²) in [6.07, 6.45) is 5.72. The van der Waals surface area contributed by atoms with Crippen molar-refractivity contribution in [3.05, 3.63) is 72.1 Å². The van der Waals surface area contributed by atoms with Crippen molar-refractivity contribution in [2.45, 2.75) is 45.7 Å². The van der Waals surface area contributed by atoms with Gasteiger partial charge in [0.2, 0.25) is 0 Å². The molecule has 1 atom stereocenters. The molecule has 0 amide bonds. The monoisotopic (exact) mass is 452 g/mol. The standard InChI is InChI=1S/C28H28N4O2/c1-3-32-26-17-23(34-16-15-31-14-4-13-30-31)11-12-24(26)25(18-29)27(32)21-7-5-20(6-8-21)19(2)28(33)22-9-10-22/h4-8,11-14,17,19,22H,3,9-10,15-16H2,1-2H3/t19-/m0/s1. The first-order chi connectivity index (χ1) is 16.6. The molecule has 2 aromatic heterocycles. The van der Waals surface area contributed by atoms with Crippen LogP contribution in [0.1, 0.15) is 43.7 Å². The third-order valence-corrected chi connectivity index (χ3v) is 6.70. The second kappa shape index (κ2) is 9.18. The SMILES string of the molecule is CCn1c(-c2ccc([C@H](C)C(=O)C3CC3)cc2)c(C#N)c2ccc(OCCn3cccn3)cc21. The lowest BCUT2D eigenvalue weighted by Gasteiger charge is -2.13. The average molecular weight is 453 g/mol.